The smallest absolute Gasteiger partial charge is 0.243 e. The molecule has 2 saturated heterocycles. The number of rotatable bonds is 4. The maximum Gasteiger partial charge on any atom is 0.243 e. The van der Waals surface area contributed by atoms with Crippen LogP contribution >= 0.6 is 0 Å². The fraction of sp³-hybridized carbons (Fsp3) is 0.476. The Labute approximate surface area is 166 Å². The van der Waals surface area contributed by atoms with Gasteiger partial charge in [-0.1, -0.05) is 18.2 Å². The zero-order chi connectivity index (χ0) is 19.7. The Morgan fingerprint density at radius 1 is 1.04 bits per heavy atom. The van der Waals surface area contributed by atoms with Crippen molar-refractivity contribution in [3.63, 3.8) is 0 Å². The quantitative estimate of drug-likeness (QED) is 0.839. The van der Waals surface area contributed by atoms with E-state index in [9.17, 15) is 13.5 Å². The standard InChI is InChI=1S/C21H25N3O3S/c22-13-16-3-5-17(6-4-16)18-7-9-19(10-8-18)28(26,27)24-14-20(21(25)15-24)23-11-1-2-12-23/h3,5,7-10,20-21,25H,1-2,4,6,11-12,14-15H2/t20-,21-/m0/s1. The van der Waals surface area contributed by atoms with Crippen LogP contribution in [-0.2, 0) is 10.0 Å². The molecule has 1 N–H and O–H groups in total. The topological polar surface area (TPSA) is 84.6 Å². The van der Waals surface area contributed by atoms with Crippen molar-refractivity contribution in [2.24, 2.45) is 0 Å². The van der Waals surface area contributed by atoms with Crippen molar-refractivity contribution in [3.8, 4) is 6.07 Å². The summed E-state index contributed by atoms with van der Waals surface area (Å²) in [5.74, 6) is 0. The first-order valence-electron chi connectivity index (χ1n) is 9.81. The highest BCUT2D eigenvalue weighted by molar-refractivity contribution is 7.89. The van der Waals surface area contributed by atoms with E-state index in [1.807, 2.05) is 24.3 Å². The van der Waals surface area contributed by atoms with Crippen LogP contribution < -0.4 is 0 Å². The Hall–Kier alpha value is -1.98. The second-order valence-corrected chi connectivity index (χ2v) is 9.66. The lowest BCUT2D eigenvalue weighted by atomic mass is 9.94. The van der Waals surface area contributed by atoms with Crippen LogP contribution in [0.2, 0.25) is 0 Å². The van der Waals surface area contributed by atoms with Gasteiger partial charge in [-0.3, -0.25) is 4.90 Å². The van der Waals surface area contributed by atoms with Gasteiger partial charge in [-0.15, -0.1) is 0 Å². The molecule has 7 heteroatoms. The molecule has 0 spiro atoms. The van der Waals surface area contributed by atoms with Gasteiger partial charge in [-0.25, -0.2) is 8.42 Å². The molecule has 0 radical (unpaired) electrons. The summed E-state index contributed by atoms with van der Waals surface area (Å²) in [5, 5.41) is 19.3. The van der Waals surface area contributed by atoms with Gasteiger partial charge < -0.3 is 5.11 Å². The van der Waals surface area contributed by atoms with Crippen LogP contribution in [0.3, 0.4) is 0 Å². The number of β-amino-alcohol motifs (C(OH)–C–C–N with tert-alkyl or cyclic N) is 1. The Morgan fingerprint density at radius 2 is 1.75 bits per heavy atom. The fourth-order valence-electron chi connectivity index (χ4n) is 4.32. The summed E-state index contributed by atoms with van der Waals surface area (Å²) in [6.45, 7) is 2.36. The number of likely N-dealkylation sites (tertiary alicyclic amines) is 1. The summed E-state index contributed by atoms with van der Waals surface area (Å²) in [4.78, 5) is 2.47. The van der Waals surface area contributed by atoms with E-state index in [1.165, 1.54) is 4.31 Å². The van der Waals surface area contributed by atoms with Gasteiger partial charge in [0.25, 0.3) is 0 Å². The van der Waals surface area contributed by atoms with E-state index in [1.54, 1.807) is 12.1 Å². The maximum atomic E-state index is 13.0. The van der Waals surface area contributed by atoms with Gasteiger partial charge in [0, 0.05) is 18.7 Å². The van der Waals surface area contributed by atoms with Crippen LogP contribution in [0.1, 0.15) is 31.2 Å². The summed E-state index contributed by atoms with van der Waals surface area (Å²) in [7, 11) is -3.62. The zero-order valence-electron chi connectivity index (χ0n) is 15.8. The summed E-state index contributed by atoms with van der Waals surface area (Å²) >= 11 is 0. The fourth-order valence-corrected chi connectivity index (χ4v) is 5.80. The highest BCUT2D eigenvalue weighted by atomic mass is 32.2. The van der Waals surface area contributed by atoms with Crippen molar-refractivity contribution in [2.45, 2.75) is 42.7 Å². The first kappa shape index (κ1) is 19.3. The van der Waals surface area contributed by atoms with Crippen molar-refractivity contribution in [3.05, 3.63) is 47.6 Å². The average molecular weight is 400 g/mol. The minimum Gasteiger partial charge on any atom is -0.390 e. The molecule has 0 unspecified atom stereocenters. The molecule has 0 bridgehead atoms. The second kappa shape index (κ2) is 7.80. The lowest BCUT2D eigenvalue weighted by molar-refractivity contribution is 0.0983. The monoisotopic (exact) mass is 399 g/mol. The second-order valence-electron chi connectivity index (χ2n) is 7.72. The Bertz CT molecular complexity index is 938. The minimum absolute atomic E-state index is 0.106. The van der Waals surface area contributed by atoms with E-state index in [4.69, 9.17) is 5.26 Å². The third kappa shape index (κ3) is 3.65. The Morgan fingerprint density at radius 3 is 2.36 bits per heavy atom. The summed E-state index contributed by atoms with van der Waals surface area (Å²) in [6, 6.07) is 9.01. The van der Waals surface area contributed by atoms with Crippen LogP contribution in [-0.4, -0.2) is 61.1 Å². The molecule has 1 aliphatic carbocycles. The molecule has 2 aliphatic heterocycles. The molecule has 1 aromatic carbocycles. The van der Waals surface area contributed by atoms with Gasteiger partial charge in [0.1, 0.15) is 0 Å². The van der Waals surface area contributed by atoms with E-state index in [0.29, 0.717) is 13.0 Å². The summed E-state index contributed by atoms with van der Waals surface area (Å²) < 4.78 is 27.5. The molecule has 6 nitrogen and oxygen atoms in total. The lowest BCUT2D eigenvalue weighted by Crippen LogP contribution is -2.41. The van der Waals surface area contributed by atoms with Crippen molar-refractivity contribution >= 4 is 15.6 Å². The summed E-state index contributed by atoms with van der Waals surface area (Å²) in [6.07, 6.45) is 6.83. The number of nitriles is 1. The largest absolute Gasteiger partial charge is 0.390 e. The predicted molar refractivity (Wildman–Crippen MR) is 107 cm³/mol. The van der Waals surface area contributed by atoms with Gasteiger partial charge in [0.15, 0.2) is 0 Å². The van der Waals surface area contributed by atoms with Crippen molar-refractivity contribution < 1.29 is 13.5 Å². The van der Waals surface area contributed by atoms with E-state index in [2.05, 4.69) is 11.0 Å². The molecule has 3 aliphatic rings. The van der Waals surface area contributed by atoms with Crippen LogP contribution in [0, 0.1) is 11.3 Å². The van der Waals surface area contributed by atoms with Crippen molar-refractivity contribution in [1.29, 1.82) is 5.26 Å². The van der Waals surface area contributed by atoms with Gasteiger partial charge >= 0.3 is 0 Å². The zero-order valence-corrected chi connectivity index (χ0v) is 16.6. The molecular weight excluding hydrogens is 374 g/mol. The van der Waals surface area contributed by atoms with Gasteiger partial charge in [0.05, 0.1) is 23.1 Å². The molecule has 148 valence electrons. The first-order chi connectivity index (χ1) is 13.5. The molecule has 28 heavy (non-hydrogen) atoms. The first-order valence-corrected chi connectivity index (χ1v) is 11.3. The molecule has 0 saturated carbocycles. The molecule has 0 aromatic heterocycles. The van der Waals surface area contributed by atoms with Crippen LogP contribution in [0.4, 0.5) is 0 Å². The molecule has 2 fully saturated rings. The number of hydrogen-bond donors (Lipinski definition) is 1. The Kier molecular flexibility index (Phi) is 5.39. The molecule has 0 amide bonds. The van der Waals surface area contributed by atoms with Gasteiger partial charge in [-0.05, 0) is 68.1 Å². The minimum atomic E-state index is -3.62. The highest BCUT2D eigenvalue weighted by Gasteiger charge is 2.41. The van der Waals surface area contributed by atoms with Crippen molar-refractivity contribution in [1.82, 2.24) is 9.21 Å². The number of hydrogen-bond acceptors (Lipinski definition) is 5. The Balaban J connectivity index is 1.50. The molecule has 4 rings (SSSR count). The normalized spacial score (nSPS) is 26.7. The molecular formula is C21H25N3O3S. The van der Waals surface area contributed by atoms with Crippen LogP contribution in [0.15, 0.2) is 46.9 Å². The van der Waals surface area contributed by atoms with E-state index in [-0.39, 0.29) is 17.5 Å². The van der Waals surface area contributed by atoms with E-state index >= 15 is 0 Å². The predicted octanol–water partition coefficient (Wildman–Crippen LogP) is 2.14. The molecule has 2 heterocycles. The number of aliphatic hydroxyl groups is 1. The molecule has 1 aromatic rings. The molecule has 2 atom stereocenters. The SMILES string of the molecule is N#CC1=CC=C(c2ccc(S(=O)(=O)N3C[C@H](O)[C@@H](N4CCCC4)C3)cc2)CC1. The maximum absolute atomic E-state index is 13.0. The highest BCUT2D eigenvalue weighted by Crippen LogP contribution is 2.29. The van der Waals surface area contributed by atoms with E-state index < -0.39 is 16.1 Å². The number of benzene rings is 1. The van der Waals surface area contributed by atoms with Crippen molar-refractivity contribution in [2.75, 3.05) is 26.2 Å². The van der Waals surface area contributed by atoms with Gasteiger partial charge in [-0.2, -0.15) is 9.57 Å². The third-order valence-electron chi connectivity index (χ3n) is 5.99. The number of nitrogens with zero attached hydrogens (tertiary/aromatic N) is 3. The average Bonchev–Trinajstić information content (AvgIpc) is 3.38. The van der Waals surface area contributed by atoms with E-state index in [0.717, 1.165) is 49.1 Å². The number of sulfonamides is 1. The lowest BCUT2D eigenvalue weighted by Gasteiger charge is -2.25. The van der Waals surface area contributed by atoms with Crippen LogP contribution in [0.25, 0.3) is 5.57 Å². The number of allylic oxidation sites excluding steroid dienone is 4. The third-order valence-corrected chi connectivity index (χ3v) is 7.84. The number of aliphatic hydroxyl groups excluding tert-OH is 1. The van der Waals surface area contributed by atoms with Gasteiger partial charge in [0.2, 0.25) is 10.0 Å². The van der Waals surface area contributed by atoms with Crippen LogP contribution in [0.5, 0.6) is 0 Å². The summed E-state index contributed by atoms with van der Waals surface area (Å²) in [5.41, 5.74) is 2.85.